The fourth-order valence-corrected chi connectivity index (χ4v) is 3.77. The number of nitrogens with zero attached hydrogens (tertiary/aromatic N) is 2. The summed E-state index contributed by atoms with van der Waals surface area (Å²) in [7, 11) is 0. The maximum Gasteiger partial charge on any atom is 0.262 e. The van der Waals surface area contributed by atoms with Crippen molar-refractivity contribution < 1.29 is 9.21 Å². The monoisotopic (exact) mass is 341 g/mol. The molecule has 1 aromatic rings. The molecule has 2 heterocycles. The maximum absolute atomic E-state index is 12.4. The van der Waals surface area contributed by atoms with Crippen LogP contribution in [0.1, 0.15) is 57.6 Å². The molecule has 1 saturated heterocycles. The van der Waals surface area contributed by atoms with Crippen molar-refractivity contribution in [3.05, 3.63) is 23.5 Å². The lowest BCUT2D eigenvalue weighted by molar-refractivity contribution is -0.118. The van der Waals surface area contributed by atoms with Crippen LogP contribution in [0.15, 0.2) is 22.1 Å². The molecule has 0 bridgehead atoms. The summed E-state index contributed by atoms with van der Waals surface area (Å²) in [6.07, 6.45) is 9.66. The minimum absolute atomic E-state index is 0.109. The molecule has 1 aliphatic heterocycles. The summed E-state index contributed by atoms with van der Waals surface area (Å²) in [5.74, 6) is 1.55. The van der Waals surface area contributed by atoms with Crippen LogP contribution in [-0.4, -0.2) is 25.0 Å². The highest BCUT2D eigenvalue weighted by molar-refractivity contribution is 6.01. The van der Waals surface area contributed by atoms with Gasteiger partial charge in [-0.3, -0.25) is 4.79 Å². The zero-order valence-corrected chi connectivity index (χ0v) is 15.0. The lowest BCUT2D eigenvalue weighted by atomic mass is 9.86. The predicted octanol–water partition coefficient (Wildman–Crippen LogP) is 3.87. The van der Waals surface area contributed by atoms with E-state index in [4.69, 9.17) is 4.42 Å². The van der Waals surface area contributed by atoms with E-state index in [2.05, 4.69) is 17.1 Å². The van der Waals surface area contributed by atoms with Crippen LogP contribution in [0.5, 0.6) is 0 Å². The van der Waals surface area contributed by atoms with Gasteiger partial charge in [-0.1, -0.05) is 19.8 Å². The fourth-order valence-electron chi connectivity index (χ4n) is 3.77. The van der Waals surface area contributed by atoms with Crippen LogP contribution in [-0.2, 0) is 4.79 Å². The lowest BCUT2D eigenvalue weighted by Gasteiger charge is -2.29. The summed E-state index contributed by atoms with van der Waals surface area (Å²) in [6, 6.07) is 5.94. The Kier molecular flexibility index (Phi) is 5.80. The van der Waals surface area contributed by atoms with Crippen LogP contribution in [0.3, 0.4) is 0 Å². The largest absolute Gasteiger partial charge is 0.441 e. The molecule has 1 N–H and O–H groups in total. The molecule has 1 aliphatic carbocycles. The van der Waals surface area contributed by atoms with E-state index in [0.29, 0.717) is 11.7 Å². The third-order valence-corrected chi connectivity index (χ3v) is 5.36. The first-order valence-corrected chi connectivity index (χ1v) is 9.45. The zero-order chi connectivity index (χ0) is 17.6. The van der Waals surface area contributed by atoms with E-state index in [-0.39, 0.29) is 17.5 Å². The van der Waals surface area contributed by atoms with Crippen molar-refractivity contribution in [2.45, 2.75) is 57.9 Å². The highest BCUT2D eigenvalue weighted by atomic mass is 16.4. The molecule has 1 saturated carbocycles. The van der Waals surface area contributed by atoms with Crippen molar-refractivity contribution in [1.82, 2.24) is 5.32 Å². The van der Waals surface area contributed by atoms with Gasteiger partial charge in [0.25, 0.3) is 5.91 Å². The van der Waals surface area contributed by atoms with Gasteiger partial charge in [0.2, 0.25) is 0 Å². The Hall–Kier alpha value is -2.22. The van der Waals surface area contributed by atoms with Gasteiger partial charge in [-0.25, -0.2) is 0 Å². The second-order valence-electron chi connectivity index (χ2n) is 7.24. The summed E-state index contributed by atoms with van der Waals surface area (Å²) >= 11 is 0. The van der Waals surface area contributed by atoms with E-state index in [1.54, 1.807) is 6.08 Å². The van der Waals surface area contributed by atoms with Gasteiger partial charge in [0.05, 0.1) is 0 Å². The van der Waals surface area contributed by atoms with Crippen LogP contribution >= 0.6 is 0 Å². The normalized spacial score (nSPS) is 24.6. The minimum Gasteiger partial charge on any atom is -0.441 e. The Labute approximate surface area is 149 Å². The van der Waals surface area contributed by atoms with Crippen molar-refractivity contribution in [3.63, 3.8) is 0 Å². The fraction of sp³-hybridized carbons (Fsp3) is 0.600. The molecule has 5 heteroatoms. The van der Waals surface area contributed by atoms with Gasteiger partial charge >= 0.3 is 0 Å². The first kappa shape index (κ1) is 17.6. The maximum atomic E-state index is 12.4. The molecular weight excluding hydrogens is 314 g/mol. The van der Waals surface area contributed by atoms with E-state index in [0.717, 1.165) is 38.2 Å². The second kappa shape index (κ2) is 8.24. The Bertz CT molecular complexity index is 665. The molecule has 0 aromatic carbocycles. The molecule has 1 amide bonds. The first-order valence-electron chi connectivity index (χ1n) is 9.45. The van der Waals surface area contributed by atoms with Crippen molar-refractivity contribution in [3.8, 4) is 6.07 Å². The number of anilines is 1. The Morgan fingerprint density at radius 1 is 1.24 bits per heavy atom. The number of carbonyl (C=O) groups is 1. The van der Waals surface area contributed by atoms with Gasteiger partial charge in [-0.05, 0) is 44.1 Å². The van der Waals surface area contributed by atoms with Gasteiger partial charge in [-0.2, -0.15) is 5.26 Å². The molecule has 5 nitrogen and oxygen atoms in total. The van der Waals surface area contributed by atoms with E-state index in [1.165, 1.54) is 25.7 Å². The van der Waals surface area contributed by atoms with Gasteiger partial charge in [0, 0.05) is 31.3 Å². The predicted molar refractivity (Wildman–Crippen MR) is 97.9 cm³/mol. The van der Waals surface area contributed by atoms with E-state index >= 15 is 0 Å². The van der Waals surface area contributed by atoms with Crippen LogP contribution in [0, 0.1) is 17.2 Å². The average Bonchev–Trinajstić information content (AvgIpc) is 3.11. The van der Waals surface area contributed by atoms with Crippen LogP contribution < -0.4 is 10.2 Å². The number of hydrogen-bond acceptors (Lipinski definition) is 4. The summed E-state index contributed by atoms with van der Waals surface area (Å²) in [6.45, 7) is 4.17. The Morgan fingerprint density at radius 2 is 2.00 bits per heavy atom. The molecule has 0 unspecified atom stereocenters. The average molecular weight is 341 g/mol. The minimum atomic E-state index is -0.294. The molecule has 3 rings (SSSR count). The van der Waals surface area contributed by atoms with Gasteiger partial charge < -0.3 is 14.6 Å². The topological polar surface area (TPSA) is 69.3 Å². The highest BCUT2D eigenvalue weighted by Gasteiger charge is 2.24. The molecule has 0 radical (unpaired) electrons. The molecule has 25 heavy (non-hydrogen) atoms. The summed E-state index contributed by atoms with van der Waals surface area (Å²) in [4.78, 5) is 14.7. The van der Waals surface area contributed by atoms with Gasteiger partial charge in [0.1, 0.15) is 17.4 Å². The van der Waals surface area contributed by atoms with Gasteiger partial charge in [0.15, 0.2) is 5.88 Å². The molecule has 134 valence electrons. The molecule has 0 spiro atoms. The highest BCUT2D eigenvalue weighted by Crippen LogP contribution is 2.25. The quantitative estimate of drug-likeness (QED) is 0.667. The smallest absolute Gasteiger partial charge is 0.262 e. The van der Waals surface area contributed by atoms with Crippen molar-refractivity contribution in [2.24, 2.45) is 5.92 Å². The number of nitrogens with one attached hydrogen (secondary N) is 1. The number of rotatable bonds is 4. The molecule has 2 aliphatic rings. The van der Waals surface area contributed by atoms with Crippen molar-refractivity contribution in [1.29, 1.82) is 5.26 Å². The van der Waals surface area contributed by atoms with Crippen molar-refractivity contribution >= 4 is 17.9 Å². The molecule has 2 atom stereocenters. The summed E-state index contributed by atoms with van der Waals surface area (Å²) < 4.78 is 5.84. The van der Waals surface area contributed by atoms with Crippen LogP contribution in [0.4, 0.5) is 5.88 Å². The van der Waals surface area contributed by atoms with E-state index in [1.807, 2.05) is 18.2 Å². The Morgan fingerprint density at radius 3 is 2.72 bits per heavy atom. The first-order chi connectivity index (χ1) is 12.2. The Balaban J connectivity index is 1.66. The number of hydrogen-bond donors (Lipinski definition) is 1. The number of nitriles is 1. The van der Waals surface area contributed by atoms with Crippen molar-refractivity contribution in [2.75, 3.05) is 18.0 Å². The standard InChI is InChI=1S/C20H27N3O2/c1-15-7-3-4-8-18(15)22-20(24)16(14-21)13-17-9-10-19(25-17)23-11-5-2-6-12-23/h9-10,13,15,18H,2-8,11-12H2,1H3,(H,22,24)/b16-13+/t15-,18+/m0/s1. The van der Waals surface area contributed by atoms with Gasteiger partial charge in [-0.15, -0.1) is 0 Å². The number of furan rings is 1. The second-order valence-corrected chi connectivity index (χ2v) is 7.24. The van der Waals surface area contributed by atoms with Crippen LogP contribution in [0.2, 0.25) is 0 Å². The third kappa shape index (κ3) is 4.45. The van der Waals surface area contributed by atoms with E-state index in [9.17, 15) is 10.1 Å². The number of carbonyl (C=O) groups excluding carboxylic acids is 1. The van der Waals surface area contributed by atoms with E-state index < -0.39 is 0 Å². The number of amides is 1. The summed E-state index contributed by atoms with van der Waals surface area (Å²) in [5, 5.41) is 12.4. The zero-order valence-electron chi connectivity index (χ0n) is 15.0. The number of piperidine rings is 1. The molecular formula is C20H27N3O2. The molecule has 2 fully saturated rings. The SMILES string of the molecule is C[C@H]1CCCC[C@H]1NC(=O)/C(C#N)=C/c1ccc(N2CCCCC2)o1. The molecule has 1 aromatic heterocycles. The summed E-state index contributed by atoms with van der Waals surface area (Å²) in [5.41, 5.74) is 0.109. The van der Waals surface area contributed by atoms with Crippen LogP contribution in [0.25, 0.3) is 6.08 Å². The third-order valence-electron chi connectivity index (χ3n) is 5.36. The lowest BCUT2D eigenvalue weighted by Crippen LogP contribution is -2.41.